The number of anilines is 1. The van der Waals surface area contributed by atoms with Crippen LogP contribution in [0.4, 0.5) is 14.9 Å². The summed E-state index contributed by atoms with van der Waals surface area (Å²) in [6.07, 6.45) is -1.32. The molecule has 4 N–H and O–H groups in total. The van der Waals surface area contributed by atoms with E-state index in [0.717, 1.165) is 0 Å². The summed E-state index contributed by atoms with van der Waals surface area (Å²) >= 11 is 6.24. The average molecular weight is 393 g/mol. The lowest BCUT2D eigenvalue weighted by molar-refractivity contribution is 0.0640. The lowest BCUT2D eigenvalue weighted by Crippen LogP contribution is -2.18. The Morgan fingerprint density at radius 2 is 2.00 bits per heavy atom. The Morgan fingerprint density at radius 1 is 1.33 bits per heavy atom. The number of phenols is 1. The number of carbonyl (C=O) groups is 2. The second-order valence-electron chi connectivity index (χ2n) is 5.51. The van der Waals surface area contributed by atoms with Crippen molar-refractivity contribution in [1.29, 1.82) is 0 Å². The fraction of sp³-hybridized carbons (Fsp3) is 0.111. The van der Waals surface area contributed by atoms with E-state index >= 15 is 0 Å². The molecule has 0 fully saturated rings. The van der Waals surface area contributed by atoms with Crippen molar-refractivity contribution in [3.63, 3.8) is 0 Å². The Hall–Kier alpha value is -3.26. The minimum absolute atomic E-state index is 0.00815. The molecule has 0 aliphatic carbocycles. The van der Waals surface area contributed by atoms with Gasteiger partial charge in [-0.1, -0.05) is 11.6 Å². The first-order valence-electron chi connectivity index (χ1n) is 7.82. The van der Waals surface area contributed by atoms with Gasteiger partial charge in [0.1, 0.15) is 22.7 Å². The smallest absolute Gasteiger partial charge is 0.412 e. The number of amides is 1. The maximum absolute atomic E-state index is 13.2. The second-order valence-corrected chi connectivity index (χ2v) is 5.89. The Morgan fingerprint density at radius 3 is 2.59 bits per heavy atom. The number of ether oxygens (including phenoxy) is 1. The molecule has 0 unspecified atom stereocenters. The van der Waals surface area contributed by atoms with Crippen molar-refractivity contribution >= 4 is 40.3 Å². The molecule has 140 valence electrons. The number of nitrogens with two attached hydrogens (primary N) is 1. The molecule has 1 aromatic heterocycles. The van der Waals surface area contributed by atoms with E-state index in [4.69, 9.17) is 21.8 Å². The van der Waals surface area contributed by atoms with Gasteiger partial charge in [-0.2, -0.15) is 0 Å². The molecular weight excluding hydrogens is 379 g/mol. The lowest BCUT2D eigenvalue weighted by Gasteiger charge is -2.08. The second kappa shape index (κ2) is 7.16. The Labute approximate surface area is 157 Å². The van der Waals surface area contributed by atoms with Crippen molar-refractivity contribution in [2.75, 3.05) is 11.9 Å². The van der Waals surface area contributed by atoms with E-state index in [1.807, 2.05) is 6.92 Å². The van der Waals surface area contributed by atoms with Crippen molar-refractivity contribution in [2.24, 2.45) is 5.73 Å². The van der Waals surface area contributed by atoms with E-state index in [9.17, 15) is 19.1 Å². The molecule has 2 aromatic carbocycles. The minimum Gasteiger partial charge on any atom is -0.504 e. The van der Waals surface area contributed by atoms with Gasteiger partial charge >= 0.3 is 12.1 Å². The number of carbonyl (C=O) groups excluding carboxylic acids is 2. The van der Waals surface area contributed by atoms with E-state index in [1.54, 1.807) is 0 Å². The van der Waals surface area contributed by atoms with Gasteiger partial charge < -0.3 is 25.3 Å². The molecule has 0 aliphatic rings. The number of aromatic hydroxyl groups is 1. The van der Waals surface area contributed by atoms with Crippen molar-refractivity contribution in [1.82, 2.24) is 0 Å². The van der Waals surface area contributed by atoms with Gasteiger partial charge in [0.25, 0.3) is 0 Å². The van der Waals surface area contributed by atoms with Crippen LogP contribution in [0.3, 0.4) is 0 Å². The molecule has 3 rings (SSSR count). The van der Waals surface area contributed by atoms with Crippen molar-refractivity contribution in [2.45, 2.75) is 6.92 Å². The van der Waals surface area contributed by atoms with Gasteiger partial charge in [-0.3, -0.25) is 0 Å². The zero-order valence-corrected chi connectivity index (χ0v) is 14.8. The van der Waals surface area contributed by atoms with E-state index in [0.29, 0.717) is 17.8 Å². The van der Waals surface area contributed by atoms with E-state index < -0.39 is 17.9 Å². The van der Waals surface area contributed by atoms with Crippen LogP contribution in [0.1, 0.15) is 17.3 Å². The summed E-state index contributed by atoms with van der Waals surface area (Å²) in [6.45, 7) is 2.32. The topological polar surface area (TPSA) is 115 Å². The summed E-state index contributed by atoms with van der Waals surface area (Å²) in [4.78, 5) is 23.5. The molecule has 1 heterocycles. The number of hydrogen-bond donors (Lipinski definition) is 3. The van der Waals surface area contributed by atoms with Gasteiger partial charge in [-0.05, 0) is 31.2 Å². The van der Waals surface area contributed by atoms with Crippen molar-refractivity contribution < 1.29 is 28.2 Å². The fourth-order valence-corrected chi connectivity index (χ4v) is 2.96. The molecule has 0 saturated carbocycles. The normalized spacial score (nSPS) is 10.8. The lowest BCUT2D eigenvalue weighted by atomic mass is 10.0. The standard InChI is InChI=1S/C18H14ClFN2O5/c1-2-22-10-7-11-12(14(19)15(10)23)13(17(24)27-18(21)25)16(26-11)8-3-5-9(20)6-4-8/h3-7,22-23H,2H2,1H3,(H2,21,25). The highest BCUT2D eigenvalue weighted by molar-refractivity contribution is 6.39. The van der Waals surface area contributed by atoms with Gasteiger partial charge in [-0.15, -0.1) is 0 Å². The molecule has 0 saturated heterocycles. The quantitative estimate of drug-likeness (QED) is 0.347. The molecule has 9 heteroatoms. The highest BCUT2D eigenvalue weighted by Crippen LogP contribution is 2.45. The third-order valence-electron chi connectivity index (χ3n) is 3.76. The number of nitrogens with one attached hydrogen (secondary N) is 1. The number of halogens is 2. The third-order valence-corrected chi connectivity index (χ3v) is 4.13. The van der Waals surface area contributed by atoms with Crippen LogP contribution >= 0.6 is 11.6 Å². The Balaban J connectivity index is 2.33. The number of phenolic OH excluding ortho intramolecular Hbond substituents is 1. The largest absolute Gasteiger partial charge is 0.504 e. The maximum Gasteiger partial charge on any atom is 0.412 e. The summed E-state index contributed by atoms with van der Waals surface area (Å²) in [5, 5.41) is 13.1. The first-order chi connectivity index (χ1) is 12.8. The van der Waals surface area contributed by atoms with Crippen LogP contribution in [-0.4, -0.2) is 23.7 Å². The minimum atomic E-state index is -1.32. The molecule has 0 atom stereocenters. The summed E-state index contributed by atoms with van der Waals surface area (Å²) in [5.74, 6) is -1.91. The van der Waals surface area contributed by atoms with Gasteiger partial charge in [0.15, 0.2) is 5.75 Å². The van der Waals surface area contributed by atoms with Crippen LogP contribution in [0.2, 0.25) is 5.02 Å². The first-order valence-corrected chi connectivity index (χ1v) is 8.20. The number of rotatable bonds is 4. The van der Waals surface area contributed by atoms with Crippen LogP contribution in [0.5, 0.6) is 5.75 Å². The zero-order chi connectivity index (χ0) is 19.7. The van der Waals surface area contributed by atoms with Crippen LogP contribution in [-0.2, 0) is 4.74 Å². The Kier molecular flexibility index (Phi) is 4.91. The molecule has 0 bridgehead atoms. The summed E-state index contributed by atoms with van der Waals surface area (Å²) in [6, 6.07) is 6.57. The van der Waals surface area contributed by atoms with Crippen LogP contribution < -0.4 is 11.1 Å². The number of benzene rings is 2. The number of fused-ring (bicyclic) bond motifs is 1. The number of esters is 1. The molecule has 27 heavy (non-hydrogen) atoms. The molecule has 1 amide bonds. The zero-order valence-electron chi connectivity index (χ0n) is 14.0. The van der Waals surface area contributed by atoms with Crippen LogP contribution in [0.15, 0.2) is 34.7 Å². The number of furan rings is 1. The molecule has 3 aromatic rings. The number of primary amides is 1. The highest BCUT2D eigenvalue weighted by atomic mass is 35.5. The van der Waals surface area contributed by atoms with Crippen molar-refractivity contribution in [3.8, 4) is 17.1 Å². The van der Waals surface area contributed by atoms with Crippen LogP contribution in [0, 0.1) is 5.82 Å². The van der Waals surface area contributed by atoms with Gasteiger partial charge in [0, 0.05) is 18.2 Å². The van der Waals surface area contributed by atoms with Gasteiger partial charge in [-0.25, -0.2) is 14.0 Å². The van der Waals surface area contributed by atoms with Crippen molar-refractivity contribution in [3.05, 3.63) is 46.7 Å². The SMILES string of the molecule is CCNc1cc2oc(-c3ccc(F)cc3)c(C(=O)OC(N)=O)c2c(Cl)c1O. The van der Waals surface area contributed by atoms with E-state index in [-0.39, 0.29) is 33.1 Å². The predicted octanol–water partition coefficient (Wildman–Crippen LogP) is 4.27. The molecule has 0 spiro atoms. The highest BCUT2D eigenvalue weighted by Gasteiger charge is 2.28. The van der Waals surface area contributed by atoms with Gasteiger partial charge in [0.2, 0.25) is 0 Å². The summed E-state index contributed by atoms with van der Waals surface area (Å²) in [5.41, 5.74) is 5.51. The summed E-state index contributed by atoms with van der Waals surface area (Å²) < 4.78 is 23.5. The monoisotopic (exact) mass is 392 g/mol. The average Bonchev–Trinajstić information content (AvgIpc) is 2.99. The molecule has 7 nitrogen and oxygen atoms in total. The van der Waals surface area contributed by atoms with E-state index in [1.165, 1.54) is 30.3 Å². The maximum atomic E-state index is 13.2. The molecular formula is C18H14ClFN2O5. The van der Waals surface area contributed by atoms with Crippen LogP contribution in [0.25, 0.3) is 22.3 Å². The fourth-order valence-electron chi connectivity index (χ4n) is 2.67. The van der Waals surface area contributed by atoms with Gasteiger partial charge in [0.05, 0.1) is 16.1 Å². The molecule has 0 aliphatic heterocycles. The third kappa shape index (κ3) is 3.39. The Bertz CT molecular complexity index is 1050. The first kappa shape index (κ1) is 18.5. The predicted molar refractivity (Wildman–Crippen MR) is 97.4 cm³/mol. The summed E-state index contributed by atoms with van der Waals surface area (Å²) in [7, 11) is 0. The molecule has 0 radical (unpaired) electrons. The number of hydrogen-bond acceptors (Lipinski definition) is 6. The van der Waals surface area contributed by atoms with E-state index in [2.05, 4.69) is 10.1 Å².